The molecule has 0 spiro atoms. The normalized spacial score (nSPS) is 12.1. The van der Waals surface area contributed by atoms with Gasteiger partial charge in [-0.2, -0.15) is 0 Å². The van der Waals surface area contributed by atoms with Gasteiger partial charge in [-0.15, -0.1) is 8.78 Å². The summed E-state index contributed by atoms with van der Waals surface area (Å²) in [6, 6.07) is 29.9. The second kappa shape index (κ2) is 20.5. The van der Waals surface area contributed by atoms with Gasteiger partial charge in [0, 0.05) is 12.2 Å². The fourth-order valence-electron chi connectivity index (χ4n) is 5.79. The summed E-state index contributed by atoms with van der Waals surface area (Å²) < 4.78 is 70.4. The van der Waals surface area contributed by atoms with Crippen molar-refractivity contribution in [3.05, 3.63) is 146 Å². The molecule has 0 aromatic heterocycles. The molecule has 14 heteroatoms. The van der Waals surface area contributed by atoms with E-state index in [1.807, 2.05) is 48.5 Å². The van der Waals surface area contributed by atoms with Crippen molar-refractivity contribution in [3.63, 3.8) is 0 Å². The molecule has 0 saturated heterocycles. The molecular weight excluding hydrogens is 795 g/mol. The minimum Gasteiger partial charge on any atom is -0.494 e. The Morgan fingerprint density at radius 3 is 1.16 bits per heavy atom. The molecule has 0 bridgehead atoms. The molecule has 12 nitrogen and oxygen atoms in total. The largest absolute Gasteiger partial charge is 0.586 e. The molecule has 61 heavy (non-hydrogen) atoms. The van der Waals surface area contributed by atoms with Crippen LogP contribution in [0.3, 0.4) is 0 Å². The van der Waals surface area contributed by atoms with E-state index in [9.17, 15) is 28.0 Å². The highest BCUT2D eigenvalue weighted by Crippen LogP contribution is 2.52. The number of esters is 4. The molecule has 5 aromatic rings. The van der Waals surface area contributed by atoms with Gasteiger partial charge < -0.3 is 37.9 Å². The quantitative estimate of drug-likeness (QED) is 0.0319. The number of unbranched alkanes of at least 4 members (excludes halogenated alkanes) is 2. The molecule has 0 unspecified atom stereocenters. The molecule has 0 aliphatic carbocycles. The van der Waals surface area contributed by atoms with Crippen LogP contribution in [0.2, 0.25) is 0 Å². The van der Waals surface area contributed by atoms with Crippen LogP contribution in [0, 0.1) is 0 Å². The molecule has 6 rings (SSSR count). The Hall–Kier alpha value is -7.48. The predicted molar refractivity (Wildman–Crippen MR) is 218 cm³/mol. The highest BCUT2D eigenvalue weighted by molar-refractivity contribution is 5.93. The molecule has 314 valence electrons. The SMILES string of the molecule is C=CC(=O)OCCCCOc1ccc(-c2ccc(C(=O)Oc3ccc(OC(=O)c4ccc(-c5ccc(OCCCCOC(=O)C=C)cc5)cc4)c4c3OC(F)(F)O4)cc2)cc1. The second-order valence-corrected chi connectivity index (χ2v) is 13.2. The molecule has 0 atom stereocenters. The Labute approximate surface area is 349 Å². The number of benzene rings is 5. The first-order valence-corrected chi connectivity index (χ1v) is 19.1. The van der Waals surface area contributed by atoms with Crippen LogP contribution in [0.4, 0.5) is 8.78 Å². The van der Waals surface area contributed by atoms with Crippen LogP contribution in [-0.4, -0.2) is 56.6 Å². The maximum absolute atomic E-state index is 14.4. The highest BCUT2D eigenvalue weighted by atomic mass is 19.3. The number of ether oxygens (including phenoxy) is 8. The first-order valence-electron chi connectivity index (χ1n) is 19.1. The summed E-state index contributed by atoms with van der Waals surface area (Å²) in [5, 5.41) is 0. The van der Waals surface area contributed by atoms with Crippen molar-refractivity contribution >= 4 is 23.9 Å². The predicted octanol–water partition coefficient (Wildman–Crippen LogP) is 9.56. The summed E-state index contributed by atoms with van der Waals surface area (Å²) in [4.78, 5) is 48.4. The van der Waals surface area contributed by atoms with Gasteiger partial charge >= 0.3 is 30.2 Å². The first-order chi connectivity index (χ1) is 29.5. The van der Waals surface area contributed by atoms with E-state index in [0.717, 1.165) is 46.5 Å². The third kappa shape index (κ3) is 12.0. The van der Waals surface area contributed by atoms with Crippen LogP contribution in [0.5, 0.6) is 34.5 Å². The van der Waals surface area contributed by atoms with Crippen molar-refractivity contribution in [2.24, 2.45) is 0 Å². The monoisotopic (exact) mass is 834 g/mol. The summed E-state index contributed by atoms with van der Waals surface area (Å²) in [6.07, 6.45) is 0.801. The minimum absolute atomic E-state index is 0.127. The summed E-state index contributed by atoms with van der Waals surface area (Å²) in [5.41, 5.74) is 3.54. The van der Waals surface area contributed by atoms with Gasteiger partial charge in [0.2, 0.25) is 11.5 Å². The van der Waals surface area contributed by atoms with E-state index in [0.29, 0.717) is 50.4 Å². The topological polar surface area (TPSA) is 142 Å². The van der Waals surface area contributed by atoms with E-state index < -0.39 is 41.7 Å². The lowest BCUT2D eigenvalue weighted by molar-refractivity contribution is -0.287. The molecule has 0 amide bonds. The minimum atomic E-state index is -4.12. The molecule has 5 aromatic carbocycles. The lowest BCUT2D eigenvalue weighted by Gasteiger charge is -2.11. The number of hydrogen-bond acceptors (Lipinski definition) is 12. The molecule has 1 aliphatic heterocycles. The van der Waals surface area contributed by atoms with E-state index in [-0.39, 0.29) is 35.8 Å². The average Bonchev–Trinajstić information content (AvgIpc) is 3.62. The van der Waals surface area contributed by atoms with E-state index >= 15 is 0 Å². The lowest BCUT2D eigenvalue weighted by atomic mass is 10.0. The number of alkyl halides is 2. The Bertz CT molecular complexity index is 2180. The van der Waals surface area contributed by atoms with Crippen molar-refractivity contribution < 1.29 is 65.9 Å². The molecule has 1 heterocycles. The van der Waals surface area contributed by atoms with E-state index in [2.05, 4.69) is 22.6 Å². The number of carbonyl (C=O) groups is 4. The maximum atomic E-state index is 14.4. The first kappa shape index (κ1) is 43.1. The molecular formula is C47H40F2O12. The average molecular weight is 835 g/mol. The van der Waals surface area contributed by atoms with Gasteiger partial charge in [0.25, 0.3) is 0 Å². The zero-order valence-corrected chi connectivity index (χ0v) is 32.8. The van der Waals surface area contributed by atoms with E-state index in [1.165, 1.54) is 24.3 Å². The van der Waals surface area contributed by atoms with Crippen molar-refractivity contribution in [3.8, 4) is 56.8 Å². The van der Waals surface area contributed by atoms with Crippen molar-refractivity contribution in [2.45, 2.75) is 32.0 Å². The van der Waals surface area contributed by atoms with Crippen molar-refractivity contribution in [1.29, 1.82) is 0 Å². The van der Waals surface area contributed by atoms with Gasteiger partial charge in [-0.25, -0.2) is 19.2 Å². The Balaban J connectivity index is 1.01. The molecule has 0 radical (unpaired) electrons. The van der Waals surface area contributed by atoms with Gasteiger partial charge in [0.05, 0.1) is 37.6 Å². The summed E-state index contributed by atoms with van der Waals surface area (Å²) in [5.74, 6) is -3.29. The van der Waals surface area contributed by atoms with Crippen molar-refractivity contribution in [2.75, 3.05) is 26.4 Å². The zero-order chi connectivity index (χ0) is 43.2. The Kier molecular flexibility index (Phi) is 14.5. The molecule has 0 N–H and O–H groups in total. The van der Waals surface area contributed by atoms with Crippen LogP contribution in [0.1, 0.15) is 46.4 Å². The second-order valence-electron chi connectivity index (χ2n) is 13.2. The summed E-state index contributed by atoms with van der Waals surface area (Å²) in [6.45, 7) is 8.17. The third-order valence-electron chi connectivity index (χ3n) is 8.94. The van der Waals surface area contributed by atoms with Gasteiger partial charge in [-0.3, -0.25) is 0 Å². The van der Waals surface area contributed by atoms with E-state index in [4.69, 9.17) is 28.4 Å². The van der Waals surface area contributed by atoms with Crippen LogP contribution < -0.4 is 28.4 Å². The highest BCUT2D eigenvalue weighted by Gasteiger charge is 2.47. The van der Waals surface area contributed by atoms with Crippen molar-refractivity contribution in [1.82, 2.24) is 0 Å². The number of fused-ring (bicyclic) bond motifs is 1. The van der Waals surface area contributed by atoms with Gasteiger partial charge in [0.15, 0.2) is 11.5 Å². The molecule has 0 saturated carbocycles. The number of hydrogen-bond donors (Lipinski definition) is 0. The van der Waals surface area contributed by atoms with E-state index in [1.54, 1.807) is 24.3 Å². The smallest absolute Gasteiger partial charge is 0.494 e. The van der Waals surface area contributed by atoms with Gasteiger partial charge in [-0.1, -0.05) is 61.7 Å². The Morgan fingerprint density at radius 1 is 0.492 bits per heavy atom. The van der Waals surface area contributed by atoms with Crippen LogP contribution in [0.25, 0.3) is 22.3 Å². The van der Waals surface area contributed by atoms with Gasteiger partial charge in [0.1, 0.15) is 11.5 Å². The number of halogens is 2. The lowest BCUT2D eigenvalue weighted by Crippen LogP contribution is -2.26. The van der Waals surface area contributed by atoms with Gasteiger partial charge in [-0.05, 0) is 109 Å². The van der Waals surface area contributed by atoms with Crippen LogP contribution in [-0.2, 0) is 19.1 Å². The maximum Gasteiger partial charge on any atom is 0.586 e. The molecule has 1 aliphatic rings. The third-order valence-corrected chi connectivity index (χ3v) is 8.94. The molecule has 0 fully saturated rings. The summed E-state index contributed by atoms with van der Waals surface area (Å²) in [7, 11) is 0. The fraction of sp³-hybridized carbons (Fsp3) is 0.191. The summed E-state index contributed by atoms with van der Waals surface area (Å²) >= 11 is 0. The number of rotatable bonds is 20. The zero-order valence-electron chi connectivity index (χ0n) is 32.8. The van der Waals surface area contributed by atoms with Crippen LogP contribution in [0.15, 0.2) is 135 Å². The van der Waals surface area contributed by atoms with Crippen LogP contribution >= 0.6 is 0 Å². The number of carbonyl (C=O) groups excluding carboxylic acids is 4. The fourth-order valence-corrected chi connectivity index (χ4v) is 5.79. The standard InChI is InChI=1S/C47H40F2O12/c1-3-41(50)56-29-7-5-27-54-37-21-17-33(18-22-37)31-9-13-35(14-10-31)45(52)58-39-25-26-40(44-43(39)60-47(48,49)61-44)59-46(53)36-15-11-32(12-16-36)34-19-23-38(24-20-34)55-28-6-8-30-57-42(51)4-2/h3-4,9-26H,1-2,5-8,27-30H2. The Morgan fingerprint density at radius 2 is 0.820 bits per heavy atom.